The Bertz CT molecular complexity index is 271. The summed E-state index contributed by atoms with van der Waals surface area (Å²) in [6, 6.07) is 3.26. The van der Waals surface area contributed by atoms with Crippen LogP contribution in [0, 0.1) is 0 Å². The van der Waals surface area contributed by atoms with Gasteiger partial charge in [0.25, 0.3) is 0 Å². The molecule has 0 bridgehead atoms. The van der Waals surface area contributed by atoms with Crippen LogP contribution in [-0.4, -0.2) is 23.8 Å². The van der Waals surface area contributed by atoms with Crippen molar-refractivity contribution in [1.29, 1.82) is 0 Å². The molecule has 0 atom stereocenters. The van der Waals surface area contributed by atoms with Gasteiger partial charge >= 0.3 is 0 Å². The van der Waals surface area contributed by atoms with Crippen LogP contribution in [0.1, 0.15) is 10.4 Å². The van der Waals surface area contributed by atoms with Crippen LogP contribution in [0.4, 0.5) is 0 Å². The zero-order valence-electron chi connectivity index (χ0n) is 6.58. The molecule has 4 heteroatoms. The van der Waals surface area contributed by atoms with Crippen molar-refractivity contribution < 1.29 is 9.53 Å². The van der Waals surface area contributed by atoms with Gasteiger partial charge in [0.15, 0.2) is 5.78 Å². The number of carbonyl (C=O) groups is 1. The zero-order chi connectivity index (χ0) is 8.97. The highest BCUT2D eigenvalue weighted by molar-refractivity contribution is 6.30. The Balaban J connectivity index is 2.84. The van der Waals surface area contributed by atoms with Crippen LogP contribution in [0.3, 0.4) is 0 Å². The first-order valence-corrected chi connectivity index (χ1v) is 3.90. The highest BCUT2D eigenvalue weighted by atomic mass is 35.5. The molecule has 0 N–H and O–H groups in total. The maximum absolute atomic E-state index is 11.0. The lowest BCUT2D eigenvalue weighted by Gasteiger charge is -1.98. The zero-order valence-corrected chi connectivity index (χ0v) is 7.34. The third-order valence-corrected chi connectivity index (χ3v) is 1.63. The molecule has 0 saturated carbocycles. The number of ether oxygens (including phenoxy) is 1. The first kappa shape index (κ1) is 9.00. The average Bonchev–Trinajstić information content (AvgIpc) is 2.17. The Kier molecular flexibility index (Phi) is 3.05. The summed E-state index contributed by atoms with van der Waals surface area (Å²) in [4.78, 5) is 14.9. The van der Waals surface area contributed by atoms with E-state index < -0.39 is 0 Å². The van der Waals surface area contributed by atoms with E-state index >= 15 is 0 Å². The molecular weight excluding hydrogens is 178 g/mol. The molecule has 0 radical (unpaired) electrons. The Labute approximate surface area is 75.3 Å². The third kappa shape index (κ3) is 1.95. The number of nitrogens with zero attached hydrogens (tertiary/aromatic N) is 1. The fourth-order valence-electron chi connectivity index (χ4n) is 0.743. The quantitative estimate of drug-likeness (QED) is 0.529. The van der Waals surface area contributed by atoms with Crippen LogP contribution in [0.5, 0.6) is 5.88 Å². The van der Waals surface area contributed by atoms with Crippen molar-refractivity contribution in [3.05, 3.63) is 23.9 Å². The van der Waals surface area contributed by atoms with E-state index in [0.717, 1.165) is 0 Å². The van der Waals surface area contributed by atoms with E-state index in [2.05, 4.69) is 4.98 Å². The first-order chi connectivity index (χ1) is 5.77. The number of alkyl halides is 1. The predicted molar refractivity (Wildman–Crippen MR) is 45.8 cm³/mol. The maximum Gasteiger partial charge on any atom is 0.212 e. The van der Waals surface area contributed by atoms with Gasteiger partial charge in [0.05, 0.1) is 13.0 Å². The fraction of sp³-hybridized carbons (Fsp3) is 0.250. The summed E-state index contributed by atoms with van der Waals surface area (Å²) in [6.45, 7) is 0. The number of carbonyl (C=O) groups excluding carboxylic acids is 1. The van der Waals surface area contributed by atoms with Crippen molar-refractivity contribution >= 4 is 17.4 Å². The van der Waals surface area contributed by atoms with E-state index in [1.54, 1.807) is 12.1 Å². The van der Waals surface area contributed by atoms with Gasteiger partial charge in [-0.1, -0.05) is 0 Å². The molecule has 0 unspecified atom stereocenters. The monoisotopic (exact) mass is 185 g/mol. The fourth-order valence-corrected chi connectivity index (χ4v) is 0.897. The summed E-state index contributed by atoms with van der Waals surface area (Å²) in [7, 11) is 1.52. The van der Waals surface area contributed by atoms with E-state index in [1.165, 1.54) is 13.3 Å². The van der Waals surface area contributed by atoms with Crippen LogP contribution in [0.15, 0.2) is 18.3 Å². The molecular formula is C8H8ClNO2. The molecule has 1 heterocycles. The summed E-state index contributed by atoms with van der Waals surface area (Å²) in [5, 5.41) is 0. The normalized spacial score (nSPS) is 9.50. The SMILES string of the molecule is COc1ccc(C(=O)CCl)cn1. The lowest BCUT2D eigenvalue weighted by Crippen LogP contribution is -2.00. The van der Waals surface area contributed by atoms with Crippen molar-refractivity contribution in [3.63, 3.8) is 0 Å². The number of hydrogen-bond acceptors (Lipinski definition) is 3. The molecule has 0 aliphatic rings. The van der Waals surface area contributed by atoms with Crippen molar-refractivity contribution in [3.8, 4) is 5.88 Å². The molecule has 0 saturated heterocycles. The van der Waals surface area contributed by atoms with Gasteiger partial charge in [-0.15, -0.1) is 11.6 Å². The number of halogens is 1. The molecule has 3 nitrogen and oxygen atoms in total. The molecule has 1 aromatic heterocycles. The van der Waals surface area contributed by atoms with E-state index in [9.17, 15) is 4.79 Å². The molecule has 0 aliphatic heterocycles. The van der Waals surface area contributed by atoms with Crippen molar-refractivity contribution in [2.75, 3.05) is 13.0 Å². The van der Waals surface area contributed by atoms with Crippen LogP contribution in [0.2, 0.25) is 0 Å². The number of aromatic nitrogens is 1. The van der Waals surface area contributed by atoms with Gasteiger partial charge in [-0.3, -0.25) is 4.79 Å². The third-order valence-electron chi connectivity index (χ3n) is 1.39. The maximum atomic E-state index is 11.0. The van der Waals surface area contributed by atoms with Gasteiger partial charge in [0.1, 0.15) is 0 Å². The van der Waals surface area contributed by atoms with E-state index in [0.29, 0.717) is 11.4 Å². The minimum absolute atomic E-state index is 0.0198. The molecule has 0 aliphatic carbocycles. The summed E-state index contributed by atoms with van der Waals surface area (Å²) in [5.74, 6) is 0.335. The predicted octanol–water partition coefficient (Wildman–Crippen LogP) is 1.51. The minimum Gasteiger partial charge on any atom is -0.481 e. The van der Waals surface area contributed by atoms with Gasteiger partial charge in [0.2, 0.25) is 5.88 Å². The average molecular weight is 186 g/mol. The number of Topliss-reactive ketones (excluding diaryl/α,β-unsaturated/α-hetero) is 1. The lowest BCUT2D eigenvalue weighted by molar-refractivity contribution is 0.102. The second-order valence-electron chi connectivity index (χ2n) is 2.15. The number of rotatable bonds is 3. The topological polar surface area (TPSA) is 39.2 Å². The molecule has 1 rings (SSSR count). The van der Waals surface area contributed by atoms with E-state index in [-0.39, 0.29) is 11.7 Å². The Morgan fingerprint density at radius 3 is 2.83 bits per heavy atom. The smallest absolute Gasteiger partial charge is 0.212 e. The van der Waals surface area contributed by atoms with Gasteiger partial charge in [0, 0.05) is 17.8 Å². The lowest BCUT2D eigenvalue weighted by atomic mass is 10.2. The molecule has 0 aromatic carbocycles. The Morgan fingerprint density at radius 2 is 2.42 bits per heavy atom. The molecule has 12 heavy (non-hydrogen) atoms. The van der Waals surface area contributed by atoms with Gasteiger partial charge in [-0.05, 0) is 6.07 Å². The van der Waals surface area contributed by atoms with Crippen LogP contribution < -0.4 is 4.74 Å². The number of pyridine rings is 1. The summed E-state index contributed by atoms with van der Waals surface area (Å²) in [5.41, 5.74) is 0.505. The van der Waals surface area contributed by atoms with Crippen LogP contribution >= 0.6 is 11.6 Å². The van der Waals surface area contributed by atoms with Crippen LogP contribution in [0.25, 0.3) is 0 Å². The number of ketones is 1. The minimum atomic E-state index is -0.133. The molecule has 0 amide bonds. The van der Waals surface area contributed by atoms with Crippen molar-refractivity contribution in [1.82, 2.24) is 4.98 Å². The van der Waals surface area contributed by atoms with Crippen molar-refractivity contribution in [2.24, 2.45) is 0 Å². The first-order valence-electron chi connectivity index (χ1n) is 3.37. The van der Waals surface area contributed by atoms with Gasteiger partial charge < -0.3 is 4.74 Å². The van der Waals surface area contributed by atoms with Gasteiger partial charge in [-0.25, -0.2) is 4.98 Å². The summed E-state index contributed by atoms with van der Waals surface area (Å²) in [6.07, 6.45) is 1.45. The van der Waals surface area contributed by atoms with Crippen molar-refractivity contribution in [2.45, 2.75) is 0 Å². The summed E-state index contributed by atoms with van der Waals surface area (Å²) >= 11 is 5.35. The molecule has 64 valence electrons. The highest BCUT2D eigenvalue weighted by Gasteiger charge is 2.03. The second-order valence-corrected chi connectivity index (χ2v) is 2.41. The van der Waals surface area contributed by atoms with E-state index in [4.69, 9.17) is 16.3 Å². The number of hydrogen-bond donors (Lipinski definition) is 0. The van der Waals surface area contributed by atoms with E-state index in [1.807, 2.05) is 0 Å². The Hall–Kier alpha value is -1.09. The largest absolute Gasteiger partial charge is 0.481 e. The molecule has 1 aromatic rings. The number of methoxy groups -OCH3 is 1. The molecule has 0 fully saturated rings. The Morgan fingerprint density at radius 1 is 1.67 bits per heavy atom. The molecule has 0 spiro atoms. The standard InChI is InChI=1S/C8H8ClNO2/c1-12-8-3-2-6(5-10-8)7(11)4-9/h2-3,5H,4H2,1H3. The second kappa shape index (κ2) is 4.07. The summed E-state index contributed by atoms with van der Waals surface area (Å²) < 4.78 is 4.83. The van der Waals surface area contributed by atoms with Crippen LogP contribution in [-0.2, 0) is 0 Å². The highest BCUT2D eigenvalue weighted by Crippen LogP contribution is 2.07. The van der Waals surface area contributed by atoms with Gasteiger partial charge in [-0.2, -0.15) is 0 Å².